The molecule has 0 aromatic heterocycles. The number of piperidine rings is 1. The number of rotatable bonds is 4. The van der Waals surface area contributed by atoms with Crippen LogP contribution in [0.25, 0.3) is 0 Å². The van der Waals surface area contributed by atoms with E-state index in [9.17, 15) is 4.79 Å². The van der Waals surface area contributed by atoms with Crippen molar-refractivity contribution in [2.75, 3.05) is 25.1 Å². The van der Waals surface area contributed by atoms with Crippen LogP contribution in [0.15, 0.2) is 24.3 Å². The van der Waals surface area contributed by atoms with Gasteiger partial charge in [0.1, 0.15) is 5.75 Å². The van der Waals surface area contributed by atoms with Crippen LogP contribution in [-0.2, 0) is 4.79 Å². The van der Waals surface area contributed by atoms with Gasteiger partial charge < -0.3 is 15.0 Å². The number of hydrogen-bond donors (Lipinski definition) is 1. The fourth-order valence-corrected chi connectivity index (χ4v) is 3.30. The van der Waals surface area contributed by atoms with Gasteiger partial charge in [-0.2, -0.15) is 0 Å². The minimum absolute atomic E-state index is 0.0303. The van der Waals surface area contributed by atoms with Crippen molar-refractivity contribution in [3.05, 3.63) is 24.3 Å². The van der Waals surface area contributed by atoms with Crippen LogP contribution in [0.1, 0.15) is 34.1 Å². The molecular formula is C18H28N2O2. The van der Waals surface area contributed by atoms with Crippen LogP contribution in [0.2, 0.25) is 0 Å². The highest BCUT2D eigenvalue weighted by Crippen LogP contribution is 2.40. The molecule has 2 rings (SSSR count). The summed E-state index contributed by atoms with van der Waals surface area (Å²) in [6.45, 7) is 10.2. The predicted octanol–water partition coefficient (Wildman–Crippen LogP) is 3.07. The summed E-state index contributed by atoms with van der Waals surface area (Å²) < 4.78 is 5.51. The molecule has 2 atom stereocenters. The number of ether oxygens (including phenoxy) is 1. The average molecular weight is 304 g/mol. The standard InChI is InChI=1S/C18H28N2O2/c1-6-22-16-9-7-15(8-10-16)20-12-14(17(21)19-5)11-18(3,4)13(20)2/h7-10,13-14H,6,11-12H2,1-5H3,(H,19,21)/t13?,14-/m0/s1. The molecule has 1 N–H and O–H groups in total. The molecule has 0 saturated carbocycles. The van der Waals surface area contributed by atoms with E-state index in [2.05, 4.69) is 43.1 Å². The molecular weight excluding hydrogens is 276 g/mol. The third kappa shape index (κ3) is 3.37. The molecule has 1 fully saturated rings. The van der Waals surface area contributed by atoms with E-state index in [1.807, 2.05) is 19.1 Å². The van der Waals surface area contributed by atoms with Crippen molar-refractivity contribution in [2.45, 2.75) is 40.2 Å². The minimum atomic E-state index is 0.0303. The Morgan fingerprint density at radius 2 is 2.00 bits per heavy atom. The zero-order chi connectivity index (χ0) is 16.3. The van der Waals surface area contributed by atoms with Crippen molar-refractivity contribution in [2.24, 2.45) is 11.3 Å². The number of anilines is 1. The Labute approximate surface area is 133 Å². The van der Waals surface area contributed by atoms with Crippen molar-refractivity contribution in [1.29, 1.82) is 0 Å². The van der Waals surface area contributed by atoms with Gasteiger partial charge in [0.05, 0.1) is 12.5 Å². The first-order valence-electron chi connectivity index (χ1n) is 8.10. The molecule has 1 aliphatic rings. The maximum absolute atomic E-state index is 12.1. The summed E-state index contributed by atoms with van der Waals surface area (Å²) in [6.07, 6.45) is 0.918. The summed E-state index contributed by atoms with van der Waals surface area (Å²) in [4.78, 5) is 14.5. The van der Waals surface area contributed by atoms with Crippen molar-refractivity contribution in [3.63, 3.8) is 0 Å². The average Bonchev–Trinajstić information content (AvgIpc) is 2.50. The molecule has 0 radical (unpaired) electrons. The fraction of sp³-hybridized carbons (Fsp3) is 0.611. The number of hydrogen-bond acceptors (Lipinski definition) is 3. The van der Waals surface area contributed by atoms with Crippen molar-refractivity contribution >= 4 is 11.6 Å². The summed E-state index contributed by atoms with van der Waals surface area (Å²) in [5, 5.41) is 2.80. The zero-order valence-corrected chi connectivity index (χ0v) is 14.3. The van der Waals surface area contributed by atoms with E-state index in [0.717, 1.165) is 24.4 Å². The number of amides is 1. The van der Waals surface area contributed by atoms with E-state index in [4.69, 9.17) is 4.74 Å². The molecule has 0 bridgehead atoms. The van der Waals surface area contributed by atoms with Gasteiger partial charge in [0.15, 0.2) is 0 Å². The van der Waals surface area contributed by atoms with Crippen molar-refractivity contribution in [3.8, 4) is 5.75 Å². The third-order valence-corrected chi connectivity index (χ3v) is 4.88. The molecule has 1 unspecified atom stereocenters. The maximum atomic E-state index is 12.1. The van der Waals surface area contributed by atoms with Gasteiger partial charge in [-0.1, -0.05) is 13.8 Å². The van der Waals surface area contributed by atoms with Crippen LogP contribution < -0.4 is 15.0 Å². The zero-order valence-electron chi connectivity index (χ0n) is 14.3. The molecule has 1 aliphatic heterocycles. The van der Waals surface area contributed by atoms with Gasteiger partial charge in [0.2, 0.25) is 5.91 Å². The molecule has 1 aromatic carbocycles. The van der Waals surface area contributed by atoms with Gasteiger partial charge in [0.25, 0.3) is 0 Å². The van der Waals surface area contributed by atoms with E-state index >= 15 is 0 Å². The summed E-state index contributed by atoms with van der Waals surface area (Å²) in [6, 6.07) is 8.56. The van der Waals surface area contributed by atoms with Crippen LogP contribution in [0.3, 0.4) is 0 Å². The lowest BCUT2D eigenvalue weighted by molar-refractivity contribution is -0.126. The van der Waals surface area contributed by atoms with Crippen molar-refractivity contribution < 1.29 is 9.53 Å². The molecule has 122 valence electrons. The highest BCUT2D eigenvalue weighted by Gasteiger charge is 2.41. The smallest absolute Gasteiger partial charge is 0.224 e. The molecule has 4 nitrogen and oxygen atoms in total. The lowest BCUT2D eigenvalue weighted by Crippen LogP contribution is -2.54. The van der Waals surface area contributed by atoms with Gasteiger partial charge in [-0.05, 0) is 49.9 Å². The second kappa shape index (κ2) is 6.59. The topological polar surface area (TPSA) is 41.6 Å². The first-order valence-corrected chi connectivity index (χ1v) is 8.10. The van der Waals surface area contributed by atoms with E-state index in [1.165, 1.54) is 0 Å². The Morgan fingerprint density at radius 1 is 1.36 bits per heavy atom. The van der Waals surface area contributed by atoms with Gasteiger partial charge in [-0.25, -0.2) is 0 Å². The van der Waals surface area contributed by atoms with E-state index < -0.39 is 0 Å². The molecule has 1 amide bonds. The quantitative estimate of drug-likeness (QED) is 0.929. The Hall–Kier alpha value is -1.71. The summed E-state index contributed by atoms with van der Waals surface area (Å²) in [5.41, 5.74) is 1.24. The third-order valence-electron chi connectivity index (χ3n) is 4.88. The second-order valence-electron chi connectivity index (χ2n) is 6.76. The fourth-order valence-electron chi connectivity index (χ4n) is 3.30. The number of carbonyl (C=O) groups excluding carboxylic acids is 1. The SMILES string of the molecule is CCOc1ccc(N2C[C@@H](C(=O)NC)CC(C)(C)C2C)cc1. The Bertz CT molecular complexity index is 510. The van der Waals surface area contributed by atoms with Gasteiger partial charge in [-0.15, -0.1) is 0 Å². The second-order valence-corrected chi connectivity index (χ2v) is 6.76. The van der Waals surface area contributed by atoms with Crippen LogP contribution in [0.5, 0.6) is 5.75 Å². The van der Waals surface area contributed by atoms with E-state index in [1.54, 1.807) is 7.05 Å². The number of nitrogens with zero attached hydrogens (tertiary/aromatic N) is 1. The number of carbonyl (C=O) groups is 1. The summed E-state index contributed by atoms with van der Waals surface area (Å²) in [7, 11) is 1.72. The lowest BCUT2D eigenvalue weighted by atomic mass is 9.72. The Morgan fingerprint density at radius 3 is 2.55 bits per heavy atom. The van der Waals surface area contributed by atoms with Crippen molar-refractivity contribution in [1.82, 2.24) is 5.32 Å². The van der Waals surface area contributed by atoms with E-state index in [-0.39, 0.29) is 17.2 Å². The molecule has 4 heteroatoms. The maximum Gasteiger partial charge on any atom is 0.224 e. The van der Waals surface area contributed by atoms with Crippen LogP contribution in [-0.4, -0.2) is 32.1 Å². The largest absolute Gasteiger partial charge is 0.494 e. The van der Waals surface area contributed by atoms with Gasteiger partial charge >= 0.3 is 0 Å². The summed E-state index contributed by atoms with van der Waals surface area (Å²) >= 11 is 0. The normalized spacial score (nSPS) is 24.0. The van der Waals surface area contributed by atoms with Gasteiger partial charge in [0, 0.05) is 25.3 Å². The van der Waals surface area contributed by atoms with Gasteiger partial charge in [-0.3, -0.25) is 4.79 Å². The first-order chi connectivity index (χ1) is 10.4. The monoisotopic (exact) mass is 304 g/mol. The molecule has 1 aromatic rings. The van der Waals surface area contributed by atoms with Crippen LogP contribution >= 0.6 is 0 Å². The van der Waals surface area contributed by atoms with Crippen LogP contribution in [0, 0.1) is 11.3 Å². The first kappa shape index (κ1) is 16.7. The predicted molar refractivity (Wildman–Crippen MR) is 90.4 cm³/mol. The molecule has 0 aliphatic carbocycles. The molecule has 1 heterocycles. The van der Waals surface area contributed by atoms with Crippen LogP contribution in [0.4, 0.5) is 5.69 Å². The summed E-state index contributed by atoms with van der Waals surface area (Å²) in [5.74, 6) is 1.05. The highest BCUT2D eigenvalue weighted by molar-refractivity contribution is 5.79. The highest BCUT2D eigenvalue weighted by atomic mass is 16.5. The number of benzene rings is 1. The molecule has 0 spiro atoms. The minimum Gasteiger partial charge on any atom is -0.494 e. The molecule has 22 heavy (non-hydrogen) atoms. The van der Waals surface area contributed by atoms with E-state index in [0.29, 0.717) is 12.6 Å². The molecule has 1 saturated heterocycles. The number of nitrogens with one attached hydrogen (secondary N) is 1. The lowest BCUT2D eigenvalue weighted by Gasteiger charge is -2.49. The Balaban J connectivity index is 2.24. The Kier molecular flexibility index (Phi) is 4.99.